The minimum atomic E-state index is -1.09. The number of rotatable bonds is 3. The van der Waals surface area contributed by atoms with Crippen molar-refractivity contribution in [3.8, 4) is 5.75 Å². The molecule has 0 radical (unpaired) electrons. The normalized spacial score (nSPS) is 22.2. The zero-order chi connectivity index (χ0) is 20.1. The van der Waals surface area contributed by atoms with E-state index in [4.69, 9.17) is 4.74 Å². The Morgan fingerprint density at radius 3 is 2.55 bits per heavy atom. The second-order valence-corrected chi connectivity index (χ2v) is 9.07. The Labute approximate surface area is 173 Å². The van der Waals surface area contributed by atoms with E-state index in [-0.39, 0.29) is 4.87 Å². The maximum Gasteiger partial charge on any atom is 0.317 e. The zero-order valence-electron chi connectivity index (χ0n) is 15.0. The molecule has 2 aliphatic rings. The molecule has 3 atom stereocenters. The molecule has 0 bridgehead atoms. The molecule has 6 nitrogen and oxygen atoms in total. The number of aliphatic carboxylic acids is 1. The van der Waals surface area contributed by atoms with Gasteiger partial charge in [-0.05, 0) is 11.6 Å². The van der Waals surface area contributed by atoms with Gasteiger partial charge in [0, 0.05) is 16.4 Å². The molecule has 0 saturated heterocycles. The van der Waals surface area contributed by atoms with E-state index < -0.39 is 29.0 Å². The monoisotopic (exact) mass is 425 g/mol. The molecule has 0 aliphatic carbocycles. The van der Waals surface area contributed by atoms with Gasteiger partial charge in [0.1, 0.15) is 11.0 Å². The van der Waals surface area contributed by atoms with Gasteiger partial charge in [0.25, 0.3) is 0 Å². The van der Waals surface area contributed by atoms with Crippen molar-refractivity contribution in [1.82, 2.24) is 4.57 Å². The van der Waals surface area contributed by atoms with Crippen LogP contribution in [0, 0.1) is 5.92 Å². The van der Waals surface area contributed by atoms with Crippen LogP contribution in [0.1, 0.15) is 21.9 Å². The number of carboxylic acids is 1. The molecule has 5 rings (SSSR count). The zero-order valence-corrected chi connectivity index (χ0v) is 16.6. The van der Waals surface area contributed by atoms with Crippen molar-refractivity contribution >= 4 is 35.0 Å². The molecular formula is C21H15NO5S2. The van der Waals surface area contributed by atoms with Gasteiger partial charge < -0.3 is 9.84 Å². The number of thiazole rings is 1. The molecule has 0 amide bonds. The second-order valence-electron chi connectivity index (χ2n) is 6.95. The fourth-order valence-corrected chi connectivity index (χ4v) is 6.62. The fourth-order valence-electron chi connectivity index (χ4n) is 3.97. The van der Waals surface area contributed by atoms with Crippen LogP contribution in [0.15, 0.2) is 64.4 Å². The van der Waals surface area contributed by atoms with Gasteiger partial charge >= 0.3 is 16.8 Å². The highest BCUT2D eigenvalue weighted by Gasteiger charge is 2.52. The van der Waals surface area contributed by atoms with E-state index in [0.29, 0.717) is 17.3 Å². The lowest BCUT2D eigenvalue weighted by Crippen LogP contribution is -2.44. The van der Waals surface area contributed by atoms with Crippen molar-refractivity contribution in [3.05, 3.63) is 80.3 Å². The number of nitrogens with zero attached hydrogens (tertiary/aromatic N) is 1. The molecule has 0 spiro atoms. The van der Waals surface area contributed by atoms with Crippen LogP contribution in [0.25, 0.3) is 0 Å². The number of fused-ring (bicyclic) bond motifs is 5. The first-order valence-corrected chi connectivity index (χ1v) is 10.7. The van der Waals surface area contributed by atoms with Crippen LogP contribution in [0.3, 0.4) is 0 Å². The number of carbonyl (C=O) groups is 2. The van der Waals surface area contributed by atoms with E-state index in [0.717, 1.165) is 39.1 Å². The third-order valence-corrected chi connectivity index (χ3v) is 7.85. The first-order valence-electron chi connectivity index (χ1n) is 9.02. The molecule has 2 aromatic carbocycles. The van der Waals surface area contributed by atoms with E-state index in [1.807, 2.05) is 42.5 Å². The number of ether oxygens (including phenoxy) is 1. The van der Waals surface area contributed by atoms with Crippen LogP contribution < -0.4 is 9.61 Å². The van der Waals surface area contributed by atoms with Gasteiger partial charge in [-0.2, -0.15) is 0 Å². The maximum absolute atomic E-state index is 12.9. The minimum Gasteiger partial charge on any atom is -0.480 e. The minimum absolute atomic E-state index is 0.160. The summed E-state index contributed by atoms with van der Waals surface area (Å²) in [4.78, 5) is 38.2. The number of aromatic nitrogens is 1. The van der Waals surface area contributed by atoms with Crippen LogP contribution in [-0.4, -0.2) is 26.9 Å². The third kappa shape index (κ3) is 2.90. The number of carboxylic acid groups (broad SMARTS) is 1. The predicted octanol–water partition coefficient (Wildman–Crippen LogP) is 3.18. The summed E-state index contributed by atoms with van der Waals surface area (Å²) >= 11 is 2.16. The average molecular weight is 425 g/mol. The van der Waals surface area contributed by atoms with E-state index in [1.54, 1.807) is 16.7 Å². The van der Waals surface area contributed by atoms with Gasteiger partial charge in [0.05, 0.1) is 17.5 Å². The van der Waals surface area contributed by atoms with E-state index in [2.05, 4.69) is 0 Å². The largest absolute Gasteiger partial charge is 0.480 e. The number of benzene rings is 2. The van der Waals surface area contributed by atoms with Gasteiger partial charge in [-0.25, -0.2) is 0 Å². The molecule has 0 saturated carbocycles. The van der Waals surface area contributed by atoms with E-state index >= 15 is 0 Å². The van der Waals surface area contributed by atoms with Crippen LogP contribution in [0.5, 0.6) is 5.75 Å². The molecule has 3 aromatic rings. The lowest BCUT2D eigenvalue weighted by atomic mass is 9.80. The van der Waals surface area contributed by atoms with Crippen molar-refractivity contribution < 1.29 is 19.4 Å². The van der Waals surface area contributed by atoms with Crippen LogP contribution in [-0.2, 0) is 16.1 Å². The second kappa shape index (κ2) is 6.89. The molecule has 8 heteroatoms. The summed E-state index contributed by atoms with van der Waals surface area (Å²) in [6.45, 7) is 0.355. The predicted molar refractivity (Wildman–Crippen MR) is 109 cm³/mol. The number of thioether (sulfide) groups is 1. The van der Waals surface area contributed by atoms with Gasteiger partial charge in [-0.1, -0.05) is 71.6 Å². The molecule has 146 valence electrons. The topological polar surface area (TPSA) is 85.6 Å². The number of esters is 1. The Morgan fingerprint density at radius 1 is 1.07 bits per heavy atom. The van der Waals surface area contributed by atoms with Crippen molar-refractivity contribution in [2.75, 3.05) is 0 Å². The Kier molecular flexibility index (Phi) is 4.33. The Balaban J connectivity index is 1.70. The lowest BCUT2D eigenvalue weighted by Gasteiger charge is -2.37. The molecule has 29 heavy (non-hydrogen) atoms. The first-order chi connectivity index (χ1) is 14.0. The van der Waals surface area contributed by atoms with Gasteiger partial charge in [-0.15, -0.1) is 0 Å². The highest BCUT2D eigenvalue weighted by Crippen LogP contribution is 2.54. The molecule has 2 aliphatic heterocycles. The summed E-state index contributed by atoms with van der Waals surface area (Å²) in [6.07, 6.45) is 0. The van der Waals surface area contributed by atoms with E-state index in [1.165, 1.54) is 0 Å². The highest BCUT2D eigenvalue weighted by atomic mass is 32.2. The van der Waals surface area contributed by atoms with Crippen molar-refractivity contribution in [2.45, 2.75) is 22.7 Å². The molecule has 0 fully saturated rings. The van der Waals surface area contributed by atoms with Crippen LogP contribution in [0.2, 0.25) is 0 Å². The number of carbonyl (C=O) groups excluding carboxylic acids is 1. The summed E-state index contributed by atoms with van der Waals surface area (Å²) in [5.74, 6) is -2.59. The van der Waals surface area contributed by atoms with Gasteiger partial charge in [0.15, 0.2) is 0 Å². The third-order valence-electron chi connectivity index (χ3n) is 5.24. The Bertz CT molecular complexity index is 1180. The maximum atomic E-state index is 12.9. The molecule has 0 unspecified atom stereocenters. The fraction of sp³-hybridized carbons (Fsp3) is 0.190. The Hall–Kier alpha value is -2.84. The quantitative estimate of drug-likeness (QED) is 0.512. The first kappa shape index (κ1) is 18.2. The number of hydrogen-bond donors (Lipinski definition) is 1. The number of hydrogen-bond acceptors (Lipinski definition) is 6. The Morgan fingerprint density at radius 2 is 1.79 bits per heavy atom. The highest BCUT2D eigenvalue weighted by molar-refractivity contribution is 8.00. The van der Waals surface area contributed by atoms with Gasteiger partial charge in [0.2, 0.25) is 0 Å². The average Bonchev–Trinajstić information content (AvgIpc) is 3.03. The summed E-state index contributed by atoms with van der Waals surface area (Å²) in [5.41, 5.74) is 1.70. The van der Waals surface area contributed by atoms with Crippen molar-refractivity contribution in [1.29, 1.82) is 0 Å². The SMILES string of the molecule is O=C1Oc2ccccc2[C@H]2c3sc(=O)n(Cc4ccccc4)c3S[C@@H](C(=O)O)[C@H]12. The summed E-state index contributed by atoms with van der Waals surface area (Å²) in [5, 5.41) is 9.45. The molecular weight excluding hydrogens is 410 g/mol. The molecule has 1 N–H and O–H groups in total. The van der Waals surface area contributed by atoms with Gasteiger partial charge in [-0.3, -0.25) is 19.0 Å². The molecule has 3 heterocycles. The smallest absolute Gasteiger partial charge is 0.317 e. The number of para-hydroxylation sites is 1. The van der Waals surface area contributed by atoms with E-state index in [9.17, 15) is 19.5 Å². The summed E-state index contributed by atoms with van der Waals surface area (Å²) < 4.78 is 7.05. The van der Waals surface area contributed by atoms with Crippen LogP contribution >= 0.6 is 23.1 Å². The lowest BCUT2D eigenvalue weighted by molar-refractivity contribution is -0.147. The summed E-state index contributed by atoms with van der Waals surface area (Å²) in [6, 6.07) is 16.7. The summed E-state index contributed by atoms with van der Waals surface area (Å²) in [7, 11) is 0. The molecule has 1 aromatic heterocycles. The standard InChI is InChI=1S/C21H15NO5S2/c23-19(24)17-15-14(12-8-4-5-9-13(12)27-20(15)25)16-18(28-17)22(21(26)29-16)10-11-6-2-1-3-7-11/h1-9,14-15,17H,10H2,(H,23,24)/t14-,15-,17-/m1/s1. The van der Waals surface area contributed by atoms with Crippen LogP contribution in [0.4, 0.5) is 0 Å². The van der Waals surface area contributed by atoms with Crippen molar-refractivity contribution in [3.63, 3.8) is 0 Å². The van der Waals surface area contributed by atoms with Crippen molar-refractivity contribution in [2.24, 2.45) is 5.92 Å².